The SMILES string of the molecule is CCCC(COc1ccc(-c2ccc(-c3ccc(C(C)C)cc3)cc2)cc1)CC(C)CCCCCCCCC(=O)C(C)C. The van der Waals surface area contributed by atoms with E-state index < -0.39 is 0 Å². The van der Waals surface area contributed by atoms with Crippen LogP contribution in [0, 0.1) is 17.8 Å². The molecule has 0 saturated heterocycles. The summed E-state index contributed by atoms with van der Waals surface area (Å²) in [6.45, 7) is 14.0. The second kappa shape index (κ2) is 18.7. The Morgan fingerprint density at radius 1 is 0.628 bits per heavy atom. The molecule has 0 saturated carbocycles. The first-order chi connectivity index (χ1) is 20.8. The average molecular weight is 583 g/mol. The summed E-state index contributed by atoms with van der Waals surface area (Å²) in [6.07, 6.45) is 13.2. The van der Waals surface area contributed by atoms with E-state index in [0.717, 1.165) is 31.1 Å². The van der Waals surface area contributed by atoms with Crippen LogP contribution in [-0.2, 0) is 4.79 Å². The van der Waals surface area contributed by atoms with Crippen molar-refractivity contribution in [2.75, 3.05) is 6.61 Å². The summed E-state index contributed by atoms with van der Waals surface area (Å²) in [7, 11) is 0. The molecule has 0 spiro atoms. The molecule has 2 nitrogen and oxygen atoms in total. The lowest BCUT2D eigenvalue weighted by Gasteiger charge is -2.21. The number of ether oxygens (including phenoxy) is 1. The third kappa shape index (κ3) is 12.3. The van der Waals surface area contributed by atoms with Crippen molar-refractivity contribution in [1.82, 2.24) is 0 Å². The fraction of sp³-hybridized carbons (Fsp3) is 0.537. The van der Waals surface area contributed by atoms with E-state index in [4.69, 9.17) is 4.74 Å². The molecule has 0 fully saturated rings. The number of carbonyl (C=O) groups excluding carboxylic acids is 1. The monoisotopic (exact) mass is 582 g/mol. The van der Waals surface area contributed by atoms with Gasteiger partial charge in [-0.3, -0.25) is 4.79 Å². The van der Waals surface area contributed by atoms with Gasteiger partial charge in [-0.2, -0.15) is 0 Å². The van der Waals surface area contributed by atoms with E-state index in [2.05, 4.69) is 100 Å². The van der Waals surface area contributed by atoms with Crippen LogP contribution in [0.25, 0.3) is 22.3 Å². The van der Waals surface area contributed by atoms with Crippen molar-refractivity contribution >= 4 is 5.78 Å². The van der Waals surface area contributed by atoms with Crippen molar-refractivity contribution in [3.63, 3.8) is 0 Å². The van der Waals surface area contributed by atoms with Crippen molar-refractivity contribution in [3.8, 4) is 28.0 Å². The number of hydrogen-bond acceptors (Lipinski definition) is 2. The van der Waals surface area contributed by atoms with Gasteiger partial charge in [0, 0.05) is 12.3 Å². The van der Waals surface area contributed by atoms with Gasteiger partial charge in [-0.1, -0.05) is 147 Å². The minimum Gasteiger partial charge on any atom is -0.493 e. The first-order valence-electron chi connectivity index (χ1n) is 17.2. The Labute approximate surface area is 263 Å². The highest BCUT2D eigenvalue weighted by Gasteiger charge is 2.14. The maximum atomic E-state index is 11.7. The van der Waals surface area contributed by atoms with Crippen LogP contribution in [0.1, 0.15) is 124 Å². The quantitative estimate of drug-likeness (QED) is 0.124. The zero-order chi connectivity index (χ0) is 31.0. The molecule has 0 N–H and O–H groups in total. The Morgan fingerprint density at radius 3 is 1.63 bits per heavy atom. The van der Waals surface area contributed by atoms with Gasteiger partial charge >= 0.3 is 0 Å². The topological polar surface area (TPSA) is 26.3 Å². The highest BCUT2D eigenvalue weighted by atomic mass is 16.5. The molecule has 0 aliphatic rings. The number of hydrogen-bond donors (Lipinski definition) is 0. The van der Waals surface area contributed by atoms with Crippen LogP contribution in [0.2, 0.25) is 0 Å². The van der Waals surface area contributed by atoms with Gasteiger partial charge in [-0.25, -0.2) is 0 Å². The Balaban J connectivity index is 1.38. The maximum Gasteiger partial charge on any atom is 0.135 e. The zero-order valence-corrected chi connectivity index (χ0v) is 28.0. The summed E-state index contributed by atoms with van der Waals surface area (Å²) < 4.78 is 6.30. The van der Waals surface area contributed by atoms with E-state index in [-0.39, 0.29) is 5.92 Å². The second-order valence-corrected chi connectivity index (χ2v) is 13.5. The lowest BCUT2D eigenvalue weighted by Crippen LogP contribution is -2.15. The predicted molar refractivity (Wildman–Crippen MR) is 186 cm³/mol. The number of benzene rings is 3. The molecule has 2 unspecified atom stereocenters. The standard InChI is InChI=1S/C41H58O2/c1-7-14-34(29-33(6)15-12-10-8-9-11-13-16-41(42)32(4)5)30-43-40-27-25-39(26-28-40)38-23-21-37(22-24-38)36-19-17-35(18-20-36)31(2)3/h17-28,31-34H,7-16,29-30H2,1-6H3. The first kappa shape index (κ1) is 34.6. The molecule has 0 aliphatic heterocycles. The van der Waals surface area contributed by atoms with Crippen molar-refractivity contribution in [2.24, 2.45) is 17.8 Å². The minimum atomic E-state index is 0.192. The molecule has 2 atom stereocenters. The van der Waals surface area contributed by atoms with E-state index in [1.54, 1.807) is 0 Å². The van der Waals surface area contributed by atoms with Crippen LogP contribution < -0.4 is 4.74 Å². The van der Waals surface area contributed by atoms with Crippen LogP contribution in [0.5, 0.6) is 5.75 Å². The summed E-state index contributed by atoms with van der Waals surface area (Å²) in [4.78, 5) is 11.7. The molecule has 234 valence electrons. The largest absolute Gasteiger partial charge is 0.493 e. The zero-order valence-electron chi connectivity index (χ0n) is 28.0. The van der Waals surface area contributed by atoms with E-state index in [1.165, 1.54) is 85.6 Å². The van der Waals surface area contributed by atoms with Gasteiger partial charge in [-0.05, 0) is 77.0 Å². The number of Topliss-reactive ketones (excluding diaryl/α,β-unsaturated/α-hetero) is 1. The smallest absolute Gasteiger partial charge is 0.135 e. The fourth-order valence-corrected chi connectivity index (χ4v) is 6.03. The van der Waals surface area contributed by atoms with E-state index in [1.807, 2.05) is 13.8 Å². The van der Waals surface area contributed by atoms with Gasteiger partial charge in [0.15, 0.2) is 0 Å². The Hall–Kier alpha value is -2.87. The molecule has 0 radical (unpaired) electrons. The lowest BCUT2D eigenvalue weighted by molar-refractivity contribution is -0.122. The molecule has 0 aromatic heterocycles. The Kier molecular flexibility index (Phi) is 15.1. The fourth-order valence-electron chi connectivity index (χ4n) is 6.03. The molecule has 3 rings (SSSR count). The summed E-state index contributed by atoms with van der Waals surface area (Å²) in [5, 5.41) is 0. The summed E-state index contributed by atoms with van der Waals surface area (Å²) in [6, 6.07) is 26.4. The van der Waals surface area contributed by atoms with Crippen LogP contribution in [-0.4, -0.2) is 12.4 Å². The number of unbranched alkanes of at least 4 members (excludes halogenated alkanes) is 5. The van der Waals surface area contributed by atoms with Crippen LogP contribution >= 0.6 is 0 Å². The third-order valence-corrected chi connectivity index (χ3v) is 8.92. The highest BCUT2D eigenvalue weighted by molar-refractivity contribution is 5.80. The number of rotatable bonds is 20. The van der Waals surface area contributed by atoms with Gasteiger partial charge < -0.3 is 4.74 Å². The van der Waals surface area contributed by atoms with Gasteiger partial charge in [0.25, 0.3) is 0 Å². The molecule has 43 heavy (non-hydrogen) atoms. The molecular formula is C41H58O2. The summed E-state index contributed by atoms with van der Waals surface area (Å²) in [5.41, 5.74) is 6.34. The minimum absolute atomic E-state index is 0.192. The summed E-state index contributed by atoms with van der Waals surface area (Å²) in [5.74, 6) is 3.48. The average Bonchev–Trinajstić information content (AvgIpc) is 3.01. The van der Waals surface area contributed by atoms with E-state index in [0.29, 0.717) is 17.6 Å². The third-order valence-electron chi connectivity index (χ3n) is 8.92. The Bertz CT molecular complexity index is 1170. The van der Waals surface area contributed by atoms with Crippen LogP contribution in [0.4, 0.5) is 0 Å². The van der Waals surface area contributed by atoms with Gasteiger partial charge in [-0.15, -0.1) is 0 Å². The molecule has 3 aromatic rings. The Morgan fingerprint density at radius 2 is 1.12 bits per heavy atom. The highest BCUT2D eigenvalue weighted by Crippen LogP contribution is 2.28. The second-order valence-electron chi connectivity index (χ2n) is 13.5. The molecule has 0 aliphatic carbocycles. The van der Waals surface area contributed by atoms with Gasteiger partial charge in [0.1, 0.15) is 11.5 Å². The molecule has 0 amide bonds. The van der Waals surface area contributed by atoms with Crippen molar-refractivity contribution in [3.05, 3.63) is 78.4 Å². The molecule has 0 heterocycles. The predicted octanol–water partition coefficient (Wildman–Crippen LogP) is 12.3. The van der Waals surface area contributed by atoms with Gasteiger partial charge in [0.2, 0.25) is 0 Å². The normalized spacial score (nSPS) is 12.9. The number of ketones is 1. The van der Waals surface area contributed by atoms with Crippen LogP contribution in [0.3, 0.4) is 0 Å². The molecular weight excluding hydrogens is 524 g/mol. The summed E-state index contributed by atoms with van der Waals surface area (Å²) >= 11 is 0. The molecule has 2 heteroatoms. The van der Waals surface area contributed by atoms with Crippen LogP contribution in [0.15, 0.2) is 72.8 Å². The van der Waals surface area contributed by atoms with Gasteiger partial charge in [0.05, 0.1) is 6.61 Å². The molecule has 3 aromatic carbocycles. The van der Waals surface area contributed by atoms with E-state index in [9.17, 15) is 4.79 Å². The molecule has 0 bridgehead atoms. The lowest BCUT2D eigenvalue weighted by atomic mass is 9.89. The number of carbonyl (C=O) groups is 1. The first-order valence-corrected chi connectivity index (χ1v) is 17.2. The van der Waals surface area contributed by atoms with E-state index >= 15 is 0 Å². The van der Waals surface area contributed by atoms with Crippen molar-refractivity contribution in [2.45, 2.75) is 118 Å². The van der Waals surface area contributed by atoms with Crippen molar-refractivity contribution < 1.29 is 9.53 Å². The van der Waals surface area contributed by atoms with Crippen molar-refractivity contribution in [1.29, 1.82) is 0 Å². The maximum absolute atomic E-state index is 11.7.